The maximum Gasteiger partial charge on any atom is 0.159 e. The van der Waals surface area contributed by atoms with Gasteiger partial charge in [-0.2, -0.15) is 5.10 Å². The van der Waals surface area contributed by atoms with Crippen molar-refractivity contribution in [2.24, 2.45) is 10.2 Å². The van der Waals surface area contributed by atoms with Gasteiger partial charge >= 0.3 is 0 Å². The first-order valence-corrected chi connectivity index (χ1v) is 9.55. The van der Waals surface area contributed by atoms with Crippen molar-refractivity contribution in [3.05, 3.63) is 106 Å². The first-order valence-electron chi connectivity index (χ1n) is 9.17. The van der Waals surface area contributed by atoms with Crippen molar-refractivity contribution >= 4 is 34.0 Å². The normalized spacial score (nSPS) is 13.6. The zero-order valence-electron chi connectivity index (χ0n) is 15.3. The minimum absolute atomic E-state index is 0.646. The van der Waals surface area contributed by atoms with E-state index >= 15 is 0 Å². The summed E-state index contributed by atoms with van der Waals surface area (Å²) in [5.41, 5.74) is 6.84. The number of halogens is 1. The molecule has 0 atom stereocenters. The molecule has 0 amide bonds. The molecule has 0 N–H and O–H groups in total. The number of nitrogens with zero attached hydrogens (tertiary/aromatic N) is 2. The van der Waals surface area contributed by atoms with Crippen LogP contribution in [0.25, 0.3) is 11.0 Å². The molecule has 0 spiro atoms. The lowest BCUT2D eigenvalue weighted by Crippen LogP contribution is -2.06. The van der Waals surface area contributed by atoms with Gasteiger partial charge in [-0.3, -0.25) is 0 Å². The molecule has 0 unspecified atom stereocenters. The molecule has 0 fully saturated rings. The summed E-state index contributed by atoms with van der Waals surface area (Å²) >= 11 is 6.06. The molecule has 0 aliphatic carbocycles. The van der Waals surface area contributed by atoms with Gasteiger partial charge in [0.25, 0.3) is 0 Å². The largest absolute Gasteiger partial charge is 0.454 e. The Balaban J connectivity index is 1.75. The molecule has 5 rings (SSSR count). The molecule has 2 heterocycles. The highest BCUT2D eigenvalue weighted by Crippen LogP contribution is 2.32. The number of aryl methyl sites for hydroxylation is 1. The van der Waals surface area contributed by atoms with E-state index in [0.717, 1.165) is 44.8 Å². The number of hydrogen-bond acceptors (Lipinski definition) is 3. The van der Waals surface area contributed by atoms with Gasteiger partial charge < -0.3 is 4.42 Å². The predicted molar refractivity (Wildman–Crippen MR) is 115 cm³/mol. The summed E-state index contributed by atoms with van der Waals surface area (Å²) in [7, 11) is 0. The summed E-state index contributed by atoms with van der Waals surface area (Å²) in [6, 6.07) is 24.0. The molecule has 1 aromatic heterocycles. The fourth-order valence-electron chi connectivity index (χ4n) is 3.57. The van der Waals surface area contributed by atoms with E-state index in [1.807, 2.05) is 60.7 Å². The average Bonchev–Trinajstić information content (AvgIpc) is 2.95. The third-order valence-corrected chi connectivity index (χ3v) is 5.25. The molecule has 3 nitrogen and oxygen atoms in total. The summed E-state index contributed by atoms with van der Waals surface area (Å²) in [6.07, 6.45) is 0.646. The van der Waals surface area contributed by atoms with Gasteiger partial charge in [-0.25, -0.2) is 0 Å². The molecule has 136 valence electrons. The molecule has 1 aliphatic heterocycles. The van der Waals surface area contributed by atoms with Crippen LogP contribution in [0.1, 0.15) is 28.0 Å². The maximum atomic E-state index is 6.27. The standard InChI is InChI=1S/C24H17ClN2O/c1-15-7-12-22-19(13-15)20-14-21(16-8-10-18(25)11-9-16)26-27-23(24(20)28-22)17-5-3-2-4-6-17/h2-13H,14H2,1H3. The van der Waals surface area contributed by atoms with Crippen LogP contribution in [0.4, 0.5) is 0 Å². The molecule has 28 heavy (non-hydrogen) atoms. The average molecular weight is 385 g/mol. The zero-order chi connectivity index (χ0) is 19.1. The number of furan rings is 1. The lowest BCUT2D eigenvalue weighted by molar-refractivity contribution is 0.601. The second kappa shape index (κ2) is 6.77. The van der Waals surface area contributed by atoms with Gasteiger partial charge in [0.2, 0.25) is 0 Å². The zero-order valence-corrected chi connectivity index (χ0v) is 16.1. The molecule has 3 aromatic carbocycles. The highest BCUT2D eigenvalue weighted by molar-refractivity contribution is 6.30. The van der Waals surface area contributed by atoms with Crippen LogP contribution in [0, 0.1) is 6.92 Å². The highest BCUT2D eigenvalue weighted by Gasteiger charge is 2.24. The third kappa shape index (κ3) is 2.94. The summed E-state index contributed by atoms with van der Waals surface area (Å²) in [6.45, 7) is 2.09. The first kappa shape index (κ1) is 17.0. The van der Waals surface area contributed by atoms with Crippen LogP contribution in [0.15, 0.2) is 87.4 Å². The molecular weight excluding hydrogens is 368 g/mol. The predicted octanol–water partition coefficient (Wildman–Crippen LogP) is 6.19. The summed E-state index contributed by atoms with van der Waals surface area (Å²) < 4.78 is 6.27. The quantitative estimate of drug-likeness (QED) is 0.406. The first-order chi connectivity index (χ1) is 13.7. The van der Waals surface area contributed by atoms with Crippen molar-refractivity contribution < 1.29 is 4.42 Å². The summed E-state index contributed by atoms with van der Waals surface area (Å²) in [5.74, 6) is 0.791. The van der Waals surface area contributed by atoms with Crippen LogP contribution in [0.5, 0.6) is 0 Å². The van der Waals surface area contributed by atoms with E-state index in [-0.39, 0.29) is 0 Å². The van der Waals surface area contributed by atoms with Gasteiger partial charge in [-0.05, 0) is 36.8 Å². The van der Waals surface area contributed by atoms with Gasteiger partial charge in [0, 0.05) is 28.0 Å². The van der Waals surface area contributed by atoms with Gasteiger partial charge in [0.05, 0.1) is 5.71 Å². The third-order valence-electron chi connectivity index (χ3n) is 5.00. The molecule has 4 aromatic rings. The van der Waals surface area contributed by atoms with Crippen LogP contribution in [0.3, 0.4) is 0 Å². The fourth-order valence-corrected chi connectivity index (χ4v) is 3.70. The van der Waals surface area contributed by atoms with E-state index in [4.69, 9.17) is 16.0 Å². The summed E-state index contributed by atoms with van der Waals surface area (Å²) in [4.78, 5) is 0. The van der Waals surface area contributed by atoms with Crippen molar-refractivity contribution in [3.8, 4) is 0 Å². The molecule has 4 heteroatoms. The minimum atomic E-state index is 0.646. The van der Waals surface area contributed by atoms with Gasteiger partial charge in [0.1, 0.15) is 11.3 Å². The van der Waals surface area contributed by atoms with Crippen molar-refractivity contribution in [2.45, 2.75) is 13.3 Å². The minimum Gasteiger partial charge on any atom is -0.454 e. The Bertz CT molecular complexity index is 1240. The molecule has 0 bridgehead atoms. The van der Waals surface area contributed by atoms with Crippen LogP contribution < -0.4 is 0 Å². The Morgan fingerprint density at radius 1 is 0.857 bits per heavy atom. The number of hydrogen-bond donors (Lipinski definition) is 0. The van der Waals surface area contributed by atoms with E-state index in [2.05, 4.69) is 29.3 Å². The smallest absolute Gasteiger partial charge is 0.159 e. The van der Waals surface area contributed by atoms with Gasteiger partial charge in [-0.1, -0.05) is 65.7 Å². The van der Waals surface area contributed by atoms with E-state index in [1.165, 1.54) is 5.56 Å². The Kier molecular flexibility index (Phi) is 4.10. The Hall–Kier alpha value is -3.17. The maximum absolute atomic E-state index is 6.27. The Morgan fingerprint density at radius 2 is 1.64 bits per heavy atom. The second-order valence-electron chi connectivity index (χ2n) is 6.95. The summed E-state index contributed by atoms with van der Waals surface area (Å²) in [5, 5.41) is 11.0. The Morgan fingerprint density at radius 3 is 2.43 bits per heavy atom. The topological polar surface area (TPSA) is 37.9 Å². The number of benzene rings is 3. The van der Waals surface area contributed by atoms with Crippen molar-refractivity contribution in [2.75, 3.05) is 0 Å². The van der Waals surface area contributed by atoms with Crippen molar-refractivity contribution in [3.63, 3.8) is 0 Å². The number of rotatable bonds is 2. The van der Waals surface area contributed by atoms with Crippen LogP contribution in [0.2, 0.25) is 5.02 Å². The lowest BCUT2D eigenvalue weighted by Gasteiger charge is -2.05. The molecule has 0 saturated carbocycles. The lowest BCUT2D eigenvalue weighted by atomic mass is 9.96. The van der Waals surface area contributed by atoms with Crippen LogP contribution in [-0.4, -0.2) is 11.4 Å². The van der Waals surface area contributed by atoms with Crippen LogP contribution in [-0.2, 0) is 6.42 Å². The highest BCUT2D eigenvalue weighted by atomic mass is 35.5. The SMILES string of the molecule is Cc1ccc2oc3c(c2c1)CC(c1ccc(Cl)cc1)=NN=C3c1ccccc1. The second-order valence-corrected chi connectivity index (χ2v) is 7.39. The van der Waals surface area contributed by atoms with E-state index in [9.17, 15) is 0 Å². The van der Waals surface area contributed by atoms with E-state index in [1.54, 1.807) is 0 Å². The molecule has 0 radical (unpaired) electrons. The number of fused-ring (bicyclic) bond motifs is 3. The van der Waals surface area contributed by atoms with Crippen molar-refractivity contribution in [1.29, 1.82) is 0 Å². The molecule has 0 saturated heterocycles. The fraction of sp³-hybridized carbons (Fsp3) is 0.0833. The molecular formula is C24H17ClN2O. The van der Waals surface area contributed by atoms with E-state index in [0.29, 0.717) is 11.4 Å². The van der Waals surface area contributed by atoms with Gasteiger partial charge in [-0.15, -0.1) is 5.10 Å². The van der Waals surface area contributed by atoms with Gasteiger partial charge in [0.15, 0.2) is 5.76 Å². The van der Waals surface area contributed by atoms with E-state index < -0.39 is 0 Å². The monoisotopic (exact) mass is 384 g/mol. The Labute approximate surface area is 168 Å². The van der Waals surface area contributed by atoms with Crippen molar-refractivity contribution in [1.82, 2.24) is 0 Å². The van der Waals surface area contributed by atoms with Crippen LogP contribution >= 0.6 is 11.6 Å². The molecule has 1 aliphatic rings.